The number of nitrogens with one attached hydrogen (secondary N) is 3. The van der Waals surface area contributed by atoms with E-state index in [0.29, 0.717) is 53.9 Å². The van der Waals surface area contributed by atoms with E-state index in [0.717, 1.165) is 74.7 Å². The van der Waals surface area contributed by atoms with E-state index >= 15 is 0 Å². The third kappa shape index (κ3) is 8.78. The van der Waals surface area contributed by atoms with E-state index in [1.54, 1.807) is 6.07 Å². The van der Waals surface area contributed by atoms with Crippen molar-refractivity contribution in [1.82, 2.24) is 45.3 Å². The van der Waals surface area contributed by atoms with Gasteiger partial charge in [0.05, 0.1) is 23.5 Å². The Kier molecular flexibility index (Phi) is 11.8. The molecule has 0 unspecified atom stereocenters. The second-order valence-corrected chi connectivity index (χ2v) is 23.1. The number of carbonyl (C=O) groups excluding carboxylic acids is 3. The Morgan fingerprint density at radius 3 is 2.25 bits per heavy atom. The first-order valence-electron chi connectivity index (χ1n) is 25.4. The van der Waals surface area contributed by atoms with E-state index in [1.165, 1.54) is 43.7 Å². The lowest BCUT2D eigenvalue weighted by Crippen LogP contribution is -2.72. The molecule has 5 N–H and O–H groups in total. The van der Waals surface area contributed by atoms with E-state index < -0.39 is 23.6 Å². The second kappa shape index (κ2) is 17.7. The minimum atomic E-state index is -0.861. The normalized spacial score (nSPS) is 26.4. The molecule has 4 atom stereocenters. The van der Waals surface area contributed by atoms with E-state index in [2.05, 4.69) is 57.7 Å². The third-order valence-corrected chi connectivity index (χ3v) is 17.3. The maximum atomic E-state index is 14.2. The number of phenolic OH excluding ortho intramolecular Hbond substituents is 1. The van der Waals surface area contributed by atoms with Gasteiger partial charge in [0, 0.05) is 107 Å². The van der Waals surface area contributed by atoms with Gasteiger partial charge >= 0.3 is 6.03 Å². The number of hydrogen-bond acceptors (Lipinski definition) is 12. The molecule has 2 aromatic carbocycles. The average Bonchev–Trinajstić information content (AvgIpc) is 3.69. The number of aliphatic hydroxyl groups excluding tert-OH is 1. The molecular weight excluding hydrogens is 871 g/mol. The lowest BCUT2D eigenvalue weighted by Gasteiger charge is -2.65. The summed E-state index contributed by atoms with van der Waals surface area (Å²) in [7, 11) is 0. The number of phenols is 1. The fourth-order valence-corrected chi connectivity index (χ4v) is 13.3. The predicted octanol–water partition coefficient (Wildman–Crippen LogP) is 3.54. The van der Waals surface area contributed by atoms with E-state index in [4.69, 9.17) is 6.42 Å². The molecule has 7 fully saturated rings. The molecule has 2 aliphatic carbocycles. The van der Waals surface area contributed by atoms with Gasteiger partial charge in [-0.2, -0.15) is 0 Å². The first-order valence-corrected chi connectivity index (χ1v) is 25.4. The number of β-amino-alcohol motifs (C(OH)–C–C–N with tert-alkyl or cyclic N) is 1. The first kappa shape index (κ1) is 45.9. The van der Waals surface area contributed by atoms with Gasteiger partial charge < -0.3 is 45.8 Å². The van der Waals surface area contributed by atoms with Crippen molar-refractivity contribution in [3.05, 3.63) is 65.7 Å². The van der Waals surface area contributed by atoms with Crippen molar-refractivity contribution in [1.29, 1.82) is 0 Å². The molecule has 7 heterocycles. The number of nitrogens with zero attached hydrogens (tertiary/aromatic N) is 8. The summed E-state index contributed by atoms with van der Waals surface area (Å²) >= 11 is 0. The number of carbonyl (C=O) groups is 3. The number of para-hydroxylation sites is 1. The quantitative estimate of drug-likeness (QED) is 0.198. The van der Waals surface area contributed by atoms with Gasteiger partial charge in [0.2, 0.25) is 11.8 Å². The molecule has 2 spiro atoms. The van der Waals surface area contributed by atoms with Crippen LogP contribution in [0.5, 0.6) is 5.75 Å². The molecule has 366 valence electrons. The molecule has 4 amide bonds. The Morgan fingerprint density at radius 1 is 0.855 bits per heavy atom. The number of aromatic hydroxyl groups is 1. The molecule has 16 heteroatoms. The molecule has 2 saturated carbocycles. The highest BCUT2D eigenvalue weighted by Gasteiger charge is 2.58. The van der Waals surface area contributed by atoms with Gasteiger partial charge in [-0.1, -0.05) is 51.0 Å². The summed E-state index contributed by atoms with van der Waals surface area (Å²) in [6.07, 6.45) is 12.1. The summed E-state index contributed by atoms with van der Waals surface area (Å²) in [5, 5.41) is 39.5. The van der Waals surface area contributed by atoms with Crippen molar-refractivity contribution in [3.8, 4) is 29.4 Å². The van der Waals surface area contributed by atoms with Gasteiger partial charge in [-0.15, -0.1) is 16.6 Å². The highest BCUT2D eigenvalue weighted by molar-refractivity contribution is 5.93. The maximum Gasteiger partial charge on any atom is 0.318 e. The molecule has 16 nitrogen and oxygen atoms in total. The van der Waals surface area contributed by atoms with Gasteiger partial charge in [-0.05, 0) is 98.3 Å². The summed E-state index contributed by atoms with van der Waals surface area (Å²) in [5.74, 6) is 2.95. The van der Waals surface area contributed by atoms with Crippen LogP contribution >= 0.6 is 0 Å². The highest BCUT2D eigenvalue weighted by Crippen LogP contribution is 2.53. The van der Waals surface area contributed by atoms with Crippen molar-refractivity contribution in [2.45, 2.75) is 115 Å². The molecule has 5 saturated heterocycles. The first-order chi connectivity index (χ1) is 33.1. The molecule has 69 heavy (non-hydrogen) atoms. The van der Waals surface area contributed by atoms with E-state index in [9.17, 15) is 24.6 Å². The van der Waals surface area contributed by atoms with Gasteiger partial charge in [0.25, 0.3) is 0 Å². The number of fused-ring (bicyclic) bond motifs is 3. The Bertz CT molecular complexity index is 2470. The van der Waals surface area contributed by atoms with Gasteiger partial charge in [-0.3, -0.25) is 19.4 Å². The standard InChI is InChI=1S/C53H69N11O5/c1-5-34-10-12-35(13-11-34)26-55-48(67)44-20-40(65)29-64(44)49(68)46(51(2,3)4)56-50(69)62-32-53(33-62)22-37(23-53)59-16-14-36(15-17-59)61-30-52(31-61)24-38(25-52)60-18-19-63-39(28-60)27-54-47-43(63)21-42(57-58-47)41-8-6-7-9-45(41)66/h1,6-13,21,36-40,44,46,65-66H,14-20,22-33H2,2-4H3,(H,54,58)(H,55,67)(H,56,69)/t39-,40+,44-,46+/m0/s1. The minimum absolute atomic E-state index is 0.0401. The Balaban J connectivity index is 0.596. The lowest BCUT2D eigenvalue weighted by molar-refractivity contribution is -0.142. The third-order valence-electron chi connectivity index (χ3n) is 17.3. The number of piperazine rings is 1. The number of piperidine rings is 1. The summed E-state index contributed by atoms with van der Waals surface area (Å²) in [4.78, 5) is 55.3. The van der Waals surface area contributed by atoms with Crippen LogP contribution in [0.4, 0.5) is 16.3 Å². The zero-order chi connectivity index (χ0) is 47.8. The zero-order valence-corrected chi connectivity index (χ0v) is 40.4. The fraction of sp³-hybridized carbons (Fsp3) is 0.604. The Labute approximate surface area is 406 Å². The van der Waals surface area contributed by atoms with Crippen LogP contribution in [0.15, 0.2) is 54.6 Å². The minimum Gasteiger partial charge on any atom is -0.507 e. The number of anilines is 2. The van der Waals surface area contributed by atoms with Crippen molar-refractivity contribution in [2.24, 2.45) is 16.2 Å². The van der Waals surface area contributed by atoms with Crippen LogP contribution in [0.2, 0.25) is 0 Å². The Morgan fingerprint density at radius 2 is 1.55 bits per heavy atom. The number of rotatable bonds is 9. The summed E-state index contributed by atoms with van der Waals surface area (Å²) in [6.45, 7) is 16.2. The molecular formula is C53H69N11O5. The van der Waals surface area contributed by atoms with Crippen LogP contribution in [-0.2, 0) is 16.1 Å². The van der Waals surface area contributed by atoms with Crippen LogP contribution < -0.4 is 20.9 Å². The number of aliphatic hydroxyl groups is 1. The SMILES string of the molecule is C#Cc1ccc(CNC(=O)[C@@H]2C[C@@H](O)CN2C(=O)[C@@H](NC(=O)N2CC3(CC(N4CCC(N5CC6(CC(N7CCN8c9cc(-c%10ccccc%10O)nnc9NC[C@H]8C7)C6)C5)CC4)C3)C2)C(C)(C)C)cc1. The zero-order valence-electron chi connectivity index (χ0n) is 40.4. The number of aromatic nitrogens is 2. The fourth-order valence-electron chi connectivity index (χ4n) is 13.3. The van der Waals surface area contributed by atoms with Crippen LogP contribution in [0, 0.1) is 28.6 Å². The van der Waals surface area contributed by atoms with Gasteiger partial charge in [-0.25, -0.2) is 4.79 Å². The molecule has 11 rings (SSSR count). The molecule has 1 aromatic heterocycles. The Hall–Kier alpha value is -5.47. The van der Waals surface area contributed by atoms with Crippen molar-refractivity contribution >= 4 is 29.4 Å². The number of likely N-dealkylation sites (tertiary alicyclic amines) is 4. The summed E-state index contributed by atoms with van der Waals surface area (Å²) < 4.78 is 0. The predicted molar refractivity (Wildman–Crippen MR) is 263 cm³/mol. The molecule has 8 aliphatic rings. The van der Waals surface area contributed by atoms with Crippen LogP contribution in [0.1, 0.15) is 76.8 Å². The number of amides is 4. The number of terminal acetylenes is 1. The average molecular weight is 940 g/mol. The summed E-state index contributed by atoms with van der Waals surface area (Å²) in [6, 6.07) is 17.1. The van der Waals surface area contributed by atoms with Crippen LogP contribution in [0.25, 0.3) is 11.3 Å². The van der Waals surface area contributed by atoms with Gasteiger partial charge in [0.1, 0.15) is 17.8 Å². The maximum absolute atomic E-state index is 14.2. The van der Waals surface area contributed by atoms with Crippen molar-refractivity contribution in [3.63, 3.8) is 0 Å². The monoisotopic (exact) mass is 940 g/mol. The second-order valence-electron chi connectivity index (χ2n) is 23.1. The highest BCUT2D eigenvalue weighted by atomic mass is 16.3. The molecule has 3 aromatic rings. The van der Waals surface area contributed by atoms with E-state index in [-0.39, 0.29) is 48.5 Å². The molecule has 6 aliphatic heterocycles. The van der Waals surface area contributed by atoms with Crippen LogP contribution in [0.3, 0.4) is 0 Å². The largest absolute Gasteiger partial charge is 0.507 e. The summed E-state index contributed by atoms with van der Waals surface area (Å²) in [5.41, 5.74) is 4.15. The lowest BCUT2D eigenvalue weighted by atomic mass is 9.59. The molecule has 0 radical (unpaired) electrons. The smallest absolute Gasteiger partial charge is 0.318 e. The number of urea groups is 1. The van der Waals surface area contributed by atoms with Crippen molar-refractivity contribution in [2.75, 3.05) is 82.2 Å². The number of hydrogen-bond donors (Lipinski definition) is 5. The van der Waals surface area contributed by atoms with Crippen molar-refractivity contribution < 1.29 is 24.6 Å². The van der Waals surface area contributed by atoms with Gasteiger partial charge in [0.15, 0.2) is 5.82 Å². The number of benzene rings is 2. The van der Waals surface area contributed by atoms with Crippen LogP contribution in [-0.4, -0.2) is 177 Å². The molecule has 0 bridgehead atoms. The van der Waals surface area contributed by atoms with E-state index in [1.807, 2.05) is 68.1 Å². The topological polar surface area (TPSA) is 173 Å².